The molecule has 1 N–H and O–H groups in total. The maximum Gasteiger partial charge on any atom is 0.0794 e. The van der Waals surface area contributed by atoms with Gasteiger partial charge < -0.3 is 5.32 Å². The largest absolute Gasteiger partial charge is 0.374 e. The highest BCUT2D eigenvalue weighted by Crippen LogP contribution is 2.12. The van der Waals surface area contributed by atoms with Gasteiger partial charge in [0.25, 0.3) is 0 Å². The molecule has 0 spiro atoms. The van der Waals surface area contributed by atoms with Crippen molar-refractivity contribution in [3.63, 3.8) is 0 Å². The fourth-order valence-corrected chi connectivity index (χ4v) is 1.58. The normalized spacial score (nSPS) is 10.9. The second-order valence-electron chi connectivity index (χ2n) is 3.92. The smallest absolute Gasteiger partial charge is 0.0794 e. The third-order valence-electron chi connectivity index (χ3n) is 2.44. The molecule has 0 aliphatic rings. The Hall–Kier alpha value is -2.02. The summed E-state index contributed by atoms with van der Waals surface area (Å²) < 4.78 is 0. The minimum atomic E-state index is 1.11. The SMILES string of the molecule is C[C](/C=C/c1ccccc1)Nc1ccccc1. The summed E-state index contributed by atoms with van der Waals surface area (Å²) in [6.45, 7) is 2.06. The highest BCUT2D eigenvalue weighted by Gasteiger charge is 1.96. The third kappa shape index (κ3) is 3.80. The van der Waals surface area contributed by atoms with Gasteiger partial charge in [0.05, 0.1) is 6.04 Å². The molecule has 0 aliphatic carbocycles. The van der Waals surface area contributed by atoms with Crippen molar-refractivity contribution < 1.29 is 0 Å². The van der Waals surface area contributed by atoms with Crippen LogP contribution in [0.1, 0.15) is 12.5 Å². The van der Waals surface area contributed by atoms with Gasteiger partial charge in [0, 0.05) is 5.69 Å². The average Bonchev–Trinajstić information content (AvgIpc) is 2.39. The molecule has 1 heteroatoms. The highest BCUT2D eigenvalue weighted by atomic mass is 14.9. The lowest BCUT2D eigenvalue weighted by Gasteiger charge is -2.09. The molecule has 0 bridgehead atoms. The molecule has 0 fully saturated rings. The molecule has 0 aromatic heterocycles. The number of rotatable bonds is 4. The molecule has 0 aliphatic heterocycles. The molecule has 0 saturated carbocycles. The van der Waals surface area contributed by atoms with Crippen molar-refractivity contribution in [2.75, 3.05) is 5.32 Å². The Morgan fingerprint density at radius 3 is 2.12 bits per heavy atom. The quantitative estimate of drug-likeness (QED) is 0.810. The van der Waals surface area contributed by atoms with Crippen LogP contribution in [0.2, 0.25) is 0 Å². The Labute approximate surface area is 103 Å². The van der Waals surface area contributed by atoms with Crippen LogP contribution in [-0.4, -0.2) is 0 Å². The minimum Gasteiger partial charge on any atom is -0.374 e. The van der Waals surface area contributed by atoms with Crippen LogP contribution in [0.25, 0.3) is 6.08 Å². The van der Waals surface area contributed by atoms with E-state index in [-0.39, 0.29) is 0 Å². The molecule has 0 unspecified atom stereocenters. The van der Waals surface area contributed by atoms with E-state index in [1.54, 1.807) is 0 Å². The molecule has 85 valence electrons. The van der Waals surface area contributed by atoms with E-state index in [0.717, 1.165) is 11.7 Å². The predicted octanol–water partition coefficient (Wildman–Crippen LogP) is 4.36. The Balaban J connectivity index is 1.94. The van der Waals surface area contributed by atoms with Gasteiger partial charge in [-0.2, -0.15) is 0 Å². The van der Waals surface area contributed by atoms with Crippen molar-refractivity contribution in [3.05, 3.63) is 78.3 Å². The Morgan fingerprint density at radius 2 is 1.47 bits per heavy atom. The van der Waals surface area contributed by atoms with Gasteiger partial charge in [-0.15, -0.1) is 0 Å². The first-order chi connectivity index (χ1) is 8.34. The molecule has 0 heterocycles. The lowest BCUT2D eigenvalue weighted by Crippen LogP contribution is -2.01. The molecule has 2 aromatic rings. The summed E-state index contributed by atoms with van der Waals surface area (Å²) in [4.78, 5) is 0. The maximum atomic E-state index is 3.34. The zero-order chi connectivity index (χ0) is 11.9. The van der Waals surface area contributed by atoms with Crippen molar-refractivity contribution >= 4 is 11.8 Å². The third-order valence-corrected chi connectivity index (χ3v) is 2.44. The fourth-order valence-electron chi connectivity index (χ4n) is 1.58. The number of hydrogen-bond acceptors (Lipinski definition) is 1. The second kappa shape index (κ2) is 5.90. The summed E-state index contributed by atoms with van der Waals surface area (Å²) in [5.41, 5.74) is 2.32. The van der Waals surface area contributed by atoms with Crippen LogP contribution in [0.15, 0.2) is 66.7 Å². The fraction of sp³-hybridized carbons (Fsp3) is 0.0625. The lowest BCUT2D eigenvalue weighted by molar-refractivity contribution is 1.22. The molecular weight excluding hydrogens is 206 g/mol. The van der Waals surface area contributed by atoms with Crippen LogP contribution < -0.4 is 5.32 Å². The number of hydrogen-bond donors (Lipinski definition) is 1. The van der Waals surface area contributed by atoms with Crippen LogP contribution in [0.3, 0.4) is 0 Å². The number of benzene rings is 2. The van der Waals surface area contributed by atoms with E-state index >= 15 is 0 Å². The van der Waals surface area contributed by atoms with Gasteiger partial charge in [-0.1, -0.05) is 60.7 Å². The summed E-state index contributed by atoms with van der Waals surface area (Å²) in [7, 11) is 0. The van der Waals surface area contributed by atoms with Gasteiger partial charge in [0.2, 0.25) is 0 Å². The lowest BCUT2D eigenvalue weighted by atomic mass is 10.2. The van der Waals surface area contributed by atoms with Gasteiger partial charge in [0.1, 0.15) is 0 Å². The summed E-state index contributed by atoms with van der Waals surface area (Å²) in [5.74, 6) is 0. The summed E-state index contributed by atoms with van der Waals surface area (Å²) in [5, 5.41) is 3.34. The Kier molecular flexibility index (Phi) is 3.98. The van der Waals surface area contributed by atoms with Gasteiger partial charge in [-0.3, -0.25) is 0 Å². The van der Waals surface area contributed by atoms with E-state index in [1.807, 2.05) is 36.4 Å². The van der Waals surface area contributed by atoms with Crippen LogP contribution in [-0.2, 0) is 0 Å². The molecule has 0 atom stereocenters. The Morgan fingerprint density at radius 1 is 0.882 bits per heavy atom. The zero-order valence-corrected chi connectivity index (χ0v) is 9.93. The summed E-state index contributed by atoms with van der Waals surface area (Å²) in [6, 6.07) is 21.6. The first-order valence-corrected chi connectivity index (χ1v) is 5.73. The monoisotopic (exact) mass is 222 g/mol. The number of anilines is 1. The van der Waals surface area contributed by atoms with Crippen LogP contribution in [0, 0.1) is 6.04 Å². The van der Waals surface area contributed by atoms with E-state index in [1.165, 1.54) is 5.56 Å². The zero-order valence-electron chi connectivity index (χ0n) is 9.93. The van der Waals surface area contributed by atoms with Crippen LogP contribution in [0.4, 0.5) is 5.69 Å². The highest BCUT2D eigenvalue weighted by molar-refractivity contribution is 5.55. The van der Waals surface area contributed by atoms with Crippen molar-refractivity contribution in [1.82, 2.24) is 0 Å². The second-order valence-corrected chi connectivity index (χ2v) is 3.92. The minimum absolute atomic E-state index is 1.11. The van der Waals surface area contributed by atoms with Gasteiger partial charge in [0.15, 0.2) is 0 Å². The molecular formula is C16H16N. The molecule has 0 amide bonds. The van der Waals surface area contributed by atoms with Crippen molar-refractivity contribution in [3.8, 4) is 0 Å². The molecule has 0 saturated heterocycles. The van der Waals surface area contributed by atoms with E-state index in [0.29, 0.717) is 0 Å². The Bertz CT molecular complexity index is 459. The molecule has 2 aromatic carbocycles. The number of nitrogens with one attached hydrogen (secondary N) is 1. The van der Waals surface area contributed by atoms with Crippen molar-refractivity contribution in [2.24, 2.45) is 0 Å². The molecule has 1 radical (unpaired) electrons. The van der Waals surface area contributed by atoms with Gasteiger partial charge >= 0.3 is 0 Å². The van der Waals surface area contributed by atoms with E-state index < -0.39 is 0 Å². The standard InChI is InChI=1S/C16H16N/c1-14(17-16-10-6-3-7-11-16)12-13-15-8-4-2-5-9-15/h2-13,17H,1H3/b13-12+. The van der Waals surface area contributed by atoms with E-state index in [9.17, 15) is 0 Å². The van der Waals surface area contributed by atoms with E-state index in [2.05, 4.69) is 48.7 Å². The van der Waals surface area contributed by atoms with Gasteiger partial charge in [-0.05, 0) is 24.6 Å². The van der Waals surface area contributed by atoms with E-state index in [4.69, 9.17) is 0 Å². The first kappa shape index (κ1) is 11.5. The molecule has 2 rings (SSSR count). The molecule has 17 heavy (non-hydrogen) atoms. The average molecular weight is 222 g/mol. The summed E-state index contributed by atoms with van der Waals surface area (Å²) >= 11 is 0. The molecule has 1 nitrogen and oxygen atoms in total. The topological polar surface area (TPSA) is 12.0 Å². The predicted molar refractivity (Wildman–Crippen MR) is 74.5 cm³/mol. The van der Waals surface area contributed by atoms with Crippen molar-refractivity contribution in [2.45, 2.75) is 6.92 Å². The van der Waals surface area contributed by atoms with Crippen LogP contribution in [0.5, 0.6) is 0 Å². The van der Waals surface area contributed by atoms with Gasteiger partial charge in [-0.25, -0.2) is 0 Å². The van der Waals surface area contributed by atoms with Crippen molar-refractivity contribution in [1.29, 1.82) is 0 Å². The summed E-state index contributed by atoms with van der Waals surface area (Å²) in [6.07, 6.45) is 4.19. The number of para-hydroxylation sites is 1. The van der Waals surface area contributed by atoms with Crippen LogP contribution >= 0.6 is 0 Å². The first-order valence-electron chi connectivity index (χ1n) is 5.73. The maximum absolute atomic E-state index is 3.34.